The zero-order valence-electron chi connectivity index (χ0n) is 17.3. The average molecular weight is 391 g/mol. The first-order chi connectivity index (χ1) is 13.9. The van der Waals surface area contributed by atoms with Gasteiger partial charge in [-0.2, -0.15) is 0 Å². The minimum Gasteiger partial charge on any atom is -0.507 e. The van der Waals surface area contributed by atoms with E-state index < -0.39 is 0 Å². The molecule has 0 radical (unpaired) electrons. The van der Waals surface area contributed by atoms with E-state index >= 15 is 0 Å². The van der Waals surface area contributed by atoms with Gasteiger partial charge in [0.15, 0.2) is 0 Å². The highest BCUT2D eigenvalue weighted by Gasteiger charge is 2.28. The summed E-state index contributed by atoms with van der Waals surface area (Å²) in [7, 11) is 3.19. The molecule has 5 nitrogen and oxygen atoms in total. The third-order valence-electron chi connectivity index (χ3n) is 5.64. The highest BCUT2D eigenvalue weighted by atomic mass is 16.5. The summed E-state index contributed by atoms with van der Waals surface area (Å²) in [6.07, 6.45) is 0.693. The predicted molar refractivity (Wildman–Crippen MR) is 116 cm³/mol. The van der Waals surface area contributed by atoms with E-state index in [-0.39, 0.29) is 17.5 Å². The van der Waals surface area contributed by atoms with E-state index in [0.29, 0.717) is 23.3 Å². The number of hydrogen-bond donors (Lipinski definition) is 2. The van der Waals surface area contributed by atoms with Crippen molar-refractivity contribution >= 4 is 16.5 Å². The molecule has 0 bridgehead atoms. The molecule has 1 aliphatic rings. The summed E-state index contributed by atoms with van der Waals surface area (Å²) in [6.45, 7) is 5.98. The molecule has 0 saturated carbocycles. The zero-order chi connectivity index (χ0) is 20.9. The SMILES string of the molecule is COc1cc(O)c(-c2c(C)cc(O)c3c(OC)cccc23)c2c1C(C)=NC(C)C2. The van der Waals surface area contributed by atoms with Gasteiger partial charge in [-0.3, -0.25) is 4.99 Å². The fraction of sp³-hybridized carbons (Fsp3) is 0.292. The smallest absolute Gasteiger partial charge is 0.131 e. The third-order valence-corrected chi connectivity index (χ3v) is 5.64. The molecule has 150 valence electrons. The Balaban J connectivity index is 2.17. The van der Waals surface area contributed by atoms with Gasteiger partial charge in [0, 0.05) is 22.9 Å². The number of hydrogen-bond acceptors (Lipinski definition) is 5. The van der Waals surface area contributed by atoms with Crippen molar-refractivity contribution in [2.45, 2.75) is 33.2 Å². The number of benzene rings is 3. The topological polar surface area (TPSA) is 71.3 Å². The Hall–Kier alpha value is -3.21. The highest BCUT2D eigenvalue weighted by Crippen LogP contribution is 2.48. The van der Waals surface area contributed by atoms with E-state index in [2.05, 4.69) is 6.92 Å². The maximum atomic E-state index is 11.1. The number of nitrogens with zero attached hydrogens (tertiary/aromatic N) is 1. The Labute approximate surface area is 170 Å². The van der Waals surface area contributed by atoms with E-state index in [0.717, 1.165) is 38.9 Å². The summed E-state index contributed by atoms with van der Waals surface area (Å²) in [5, 5.41) is 23.2. The number of phenols is 2. The van der Waals surface area contributed by atoms with Gasteiger partial charge in [-0.1, -0.05) is 12.1 Å². The molecule has 29 heavy (non-hydrogen) atoms. The normalized spacial score (nSPS) is 15.8. The first-order valence-electron chi connectivity index (χ1n) is 9.64. The maximum absolute atomic E-state index is 11.1. The van der Waals surface area contributed by atoms with Crippen LogP contribution in [0.4, 0.5) is 0 Å². The number of ether oxygens (including phenoxy) is 2. The van der Waals surface area contributed by atoms with Crippen LogP contribution in [0.15, 0.2) is 35.3 Å². The van der Waals surface area contributed by atoms with Gasteiger partial charge in [-0.05, 0) is 61.4 Å². The lowest BCUT2D eigenvalue weighted by Gasteiger charge is -2.26. The molecule has 1 atom stereocenters. The molecule has 1 heterocycles. The second-order valence-corrected chi connectivity index (χ2v) is 7.56. The first-order valence-corrected chi connectivity index (χ1v) is 9.64. The lowest BCUT2D eigenvalue weighted by Crippen LogP contribution is -2.19. The maximum Gasteiger partial charge on any atom is 0.131 e. The summed E-state index contributed by atoms with van der Waals surface area (Å²) < 4.78 is 11.1. The number of phenolic OH excluding ortho intramolecular Hbond substituents is 2. The number of fused-ring (bicyclic) bond motifs is 2. The minimum absolute atomic E-state index is 0.103. The van der Waals surface area contributed by atoms with Crippen molar-refractivity contribution in [3.63, 3.8) is 0 Å². The summed E-state index contributed by atoms with van der Waals surface area (Å²) in [5.74, 6) is 1.52. The largest absolute Gasteiger partial charge is 0.507 e. The van der Waals surface area contributed by atoms with Crippen LogP contribution < -0.4 is 9.47 Å². The van der Waals surface area contributed by atoms with Crippen LogP contribution in [0, 0.1) is 6.92 Å². The Kier molecular flexibility index (Phi) is 4.61. The molecular formula is C24H25NO4. The van der Waals surface area contributed by atoms with Crippen LogP contribution in [-0.4, -0.2) is 36.2 Å². The van der Waals surface area contributed by atoms with Crippen molar-refractivity contribution in [1.82, 2.24) is 0 Å². The summed E-state index contributed by atoms with van der Waals surface area (Å²) in [4.78, 5) is 4.72. The van der Waals surface area contributed by atoms with E-state index in [1.54, 1.807) is 26.4 Å². The van der Waals surface area contributed by atoms with Gasteiger partial charge in [0.1, 0.15) is 23.0 Å². The summed E-state index contributed by atoms with van der Waals surface area (Å²) in [5.41, 5.74) is 5.36. The van der Waals surface area contributed by atoms with E-state index in [1.807, 2.05) is 32.0 Å². The fourth-order valence-electron chi connectivity index (χ4n) is 4.54. The van der Waals surface area contributed by atoms with E-state index in [4.69, 9.17) is 14.5 Å². The Bertz CT molecular complexity index is 1160. The fourth-order valence-corrected chi connectivity index (χ4v) is 4.54. The number of aromatic hydroxyl groups is 2. The molecule has 0 spiro atoms. The standard InChI is InChI=1S/C24H25NO4/c1-12-9-17(26)23-15(7-6-8-19(23)28-4)21(12)24-16-10-13(2)25-14(3)22(16)20(29-5)11-18(24)27/h6-9,11,13,26-27H,10H2,1-5H3. The lowest BCUT2D eigenvalue weighted by atomic mass is 9.83. The molecule has 0 amide bonds. The third kappa shape index (κ3) is 2.89. The lowest BCUT2D eigenvalue weighted by molar-refractivity contribution is 0.405. The number of rotatable bonds is 3. The molecule has 3 aromatic rings. The van der Waals surface area contributed by atoms with Crippen molar-refractivity contribution in [2.24, 2.45) is 4.99 Å². The van der Waals surface area contributed by atoms with Crippen molar-refractivity contribution in [2.75, 3.05) is 14.2 Å². The first kappa shape index (κ1) is 19.1. The molecule has 1 aliphatic heterocycles. The van der Waals surface area contributed by atoms with Gasteiger partial charge in [-0.15, -0.1) is 0 Å². The summed E-state index contributed by atoms with van der Waals surface area (Å²) in [6, 6.07) is 9.15. The van der Waals surface area contributed by atoms with Gasteiger partial charge in [0.05, 0.1) is 25.6 Å². The van der Waals surface area contributed by atoms with Crippen LogP contribution in [0.1, 0.15) is 30.5 Å². The van der Waals surface area contributed by atoms with E-state index in [9.17, 15) is 10.2 Å². The second-order valence-electron chi connectivity index (χ2n) is 7.56. The molecule has 4 rings (SSSR count). The predicted octanol–water partition coefficient (Wildman–Crippen LogP) is 5.00. The van der Waals surface area contributed by atoms with Crippen LogP contribution in [0.5, 0.6) is 23.0 Å². The van der Waals surface area contributed by atoms with Crippen LogP contribution in [0.25, 0.3) is 21.9 Å². The van der Waals surface area contributed by atoms with Crippen molar-refractivity contribution < 1.29 is 19.7 Å². The number of aliphatic imine (C=N–C) groups is 1. The minimum atomic E-state index is 0.103. The van der Waals surface area contributed by atoms with Gasteiger partial charge in [0.2, 0.25) is 0 Å². The zero-order valence-corrected chi connectivity index (χ0v) is 17.3. The Morgan fingerprint density at radius 2 is 1.66 bits per heavy atom. The molecule has 2 N–H and O–H groups in total. The molecular weight excluding hydrogens is 366 g/mol. The Morgan fingerprint density at radius 3 is 2.34 bits per heavy atom. The molecule has 5 heteroatoms. The van der Waals surface area contributed by atoms with Crippen LogP contribution in [-0.2, 0) is 6.42 Å². The van der Waals surface area contributed by atoms with Gasteiger partial charge < -0.3 is 19.7 Å². The monoisotopic (exact) mass is 391 g/mol. The molecule has 0 aromatic heterocycles. The molecule has 0 fully saturated rings. The Morgan fingerprint density at radius 1 is 0.931 bits per heavy atom. The van der Waals surface area contributed by atoms with Gasteiger partial charge in [-0.25, -0.2) is 0 Å². The molecule has 0 aliphatic carbocycles. The number of methoxy groups -OCH3 is 2. The van der Waals surface area contributed by atoms with Gasteiger partial charge >= 0.3 is 0 Å². The van der Waals surface area contributed by atoms with Gasteiger partial charge in [0.25, 0.3) is 0 Å². The highest BCUT2D eigenvalue weighted by molar-refractivity contribution is 6.10. The molecule has 1 unspecified atom stereocenters. The van der Waals surface area contributed by atoms with Crippen molar-refractivity contribution in [3.8, 4) is 34.1 Å². The van der Waals surface area contributed by atoms with Crippen LogP contribution in [0.2, 0.25) is 0 Å². The van der Waals surface area contributed by atoms with Crippen LogP contribution in [0.3, 0.4) is 0 Å². The summed E-state index contributed by atoms with van der Waals surface area (Å²) >= 11 is 0. The quantitative estimate of drug-likeness (QED) is 0.659. The van der Waals surface area contributed by atoms with Crippen LogP contribution >= 0.6 is 0 Å². The molecule has 3 aromatic carbocycles. The number of aryl methyl sites for hydroxylation is 1. The average Bonchev–Trinajstić information content (AvgIpc) is 2.68. The van der Waals surface area contributed by atoms with Crippen molar-refractivity contribution in [1.29, 1.82) is 0 Å². The second kappa shape index (κ2) is 6.99. The van der Waals surface area contributed by atoms with E-state index in [1.165, 1.54) is 0 Å². The molecule has 0 saturated heterocycles. The van der Waals surface area contributed by atoms with Crippen molar-refractivity contribution in [3.05, 3.63) is 47.0 Å².